The van der Waals surface area contributed by atoms with E-state index in [-0.39, 0.29) is 0 Å². The molecule has 3 heterocycles. The van der Waals surface area contributed by atoms with E-state index >= 15 is 0 Å². The molecule has 0 aromatic carbocycles. The molecule has 5 nitrogen and oxygen atoms in total. The van der Waals surface area contributed by atoms with Gasteiger partial charge in [-0.2, -0.15) is 0 Å². The predicted molar refractivity (Wildman–Crippen MR) is 78.6 cm³/mol. The quantitative estimate of drug-likeness (QED) is 0.732. The van der Waals surface area contributed by atoms with Crippen molar-refractivity contribution in [2.24, 2.45) is 0 Å². The van der Waals surface area contributed by atoms with Gasteiger partial charge >= 0.3 is 5.97 Å². The second-order valence-electron chi connectivity index (χ2n) is 4.12. The number of anilines is 1. The zero-order valence-electron chi connectivity index (χ0n) is 10.7. The van der Waals surface area contributed by atoms with Gasteiger partial charge < -0.3 is 10.5 Å². The molecule has 0 aliphatic carbocycles. The van der Waals surface area contributed by atoms with Gasteiger partial charge in [0.15, 0.2) is 0 Å². The number of nitrogens with two attached hydrogens (primary N) is 1. The second kappa shape index (κ2) is 4.90. The largest absolute Gasteiger partial charge is 0.465 e. The fourth-order valence-corrected chi connectivity index (χ4v) is 2.90. The van der Waals surface area contributed by atoms with Crippen LogP contribution in [0.4, 0.5) is 5.69 Å². The summed E-state index contributed by atoms with van der Waals surface area (Å²) in [5.74, 6) is -0.437. The van der Waals surface area contributed by atoms with Gasteiger partial charge in [-0.15, -0.1) is 11.3 Å². The minimum Gasteiger partial charge on any atom is -0.465 e. The Morgan fingerprint density at radius 2 is 2.20 bits per heavy atom. The van der Waals surface area contributed by atoms with Crippen molar-refractivity contribution in [1.29, 1.82) is 0 Å². The van der Waals surface area contributed by atoms with Crippen molar-refractivity contribution in [2.75, 3.05) is 12.8 Å². The lowest BCUT2D eigenvalue weighted by Gasteiger charge is -2.00. The number of thiophene rings is 1. The molecule has 0 bridgehead atoms. The summed E-state index contributed by atoms with van der Waals surface area (Å²) < 4.78 is 5.57. The molecular formula is C14H11N3O2S. The van der Waals surface area contributed by atoms with Crippen LogP contribution in [0.15, 0.2) is 36.7 Å². The lowest BCUT2D eigenvalue weighted by atomic mass is 10.2. The molecule has 0 radical (unpaired) electrons. The van der Waals surface area contributed by atoms with Crippen molar-refractivity contribution in [2.45, 2.75) is 0 Å². The number of carbonyl (C=O) groups excluding carboxylic acids is 1. The third-order valence-corrected chi connectivity index (χ3v) is 4.04. The number of aromatic nitrogens is 2. The predicted octanol–water partition coefficient (Wildman–Crippen LogP) is 2.73. The molecule has 3 rings (SSSR count). The van der Waals surface area contributed by atoms with E-state index < -0.39 is 5.97 Å². The van der Waals surface area contributed by atoms with Gasteiger partial charge in [0.2, 0.25) is 0 Å². The molecule has 20 heavy (non-hydrogen) atoms. The zero-order chi connectivity index (χ0) is 14.1. The summed E-state index contributed by atoms with van der Waals surface area (Å²) >= 11 is 1.28. The number of nitrogens with zero attached hydrogens (tertiary/aromatic N) is 2. The van der Waals surface area contributed by atoms with Gasteiger partial charge in [0.05, 0.1) is 23.2 Å². The maximum Gasteiger partial charge on any atom is 0.350 e. The number of pyridine rings is 2. The summed E-state index contributed by atoms with van der Waals surface area (Å²) in [4.78, 5) is 20.6. The molecule has 0 atom stereocenters. The van der Waals surface area contributed by atoms with Crippen LogP contribution in [0.1, 0.15) is 9.67 Å². The van der Waals surface area contributed by atoms with Gasteiger partial charge in [0.1, 0.15) is 10.4 Å². The Labute approximate surface area is 119 Å². The normalized spacial score (nSPS) is 10.7. The lowest BCUT2D eigenvalue weighted by Crippen LogP contribution is -2.01. The second-order valence-corrected chi connectivity index (χ2v) is 5.17. The average molecular weight is 285 g/mol. The first kappa shape index (κ1) is 12.6. The smallest absolute Gasteiger partial charge is 0.350 e. The van der Waals surface area contributed by atoms with Crippen molar-refractivity contribution >= 4 is 33.2 Å². The lowest BCUT2D eigenvalue weighted by molar-refractivity contribution is 0.0607. The first-order valence-corrected chi connectivity index (χ1v) is 6.70. The topological polar surface area (TPSA) is 78.1 Å². The van der Waals surface area contributed by atoms with E-state index in [9.17, 15) is 4.79 Å². The molecule has 0 aliphatic heterocycles. The van der Waals surface area contributed by atoms with Gasteiger partial charge in [0, 0.05) is 18.0 Å². The monoisotopic (exact) mass is 285 g/mol. The Morgan fingerprint density at radius 3 is 2.90 bits per heavy atom. The number of methoxy groups -OCH3 is 1. The van der Waals surface area contributed by atoms with Crippen LogP contribution in [0.3, 0.4) is 0 Å². The fraction of sp³-hybridized carbons (Fsp3) is 0.0714. The summed E-state index contributed by atoms with van der Waals surface area (Å²) in [5, 5.41) is 0. The highest BCUT2D eigenvalue weighted by Gasteiger charge is 2.18. The maximum atomic E-state index is 11.6. The van der Waals surface area contributed by atoms with E-state index in [0.29, 0.717) is 16.1 Å². The number of carbonyl (C=O) groups is 1. The summed E-state index contributed by atoms with van der Waals surface area (Å²) in [6.45, 7) is 0. The summed E-state index contributed by atoms with van der Waals surface area (Å²) in [6, 6.07) is 7.55. The molecular weight excluding hydrogens is 274 g/mol. The summed E-state index contributed by atoms with van der Waals surface area (Å²) in [7, 11) is 1.33. The molecule has 0 unspecified atom stereocenters. The Morgan fingerprint density at radius 1 is 1.35 bits per heavy atom. The number of ether oxygens (including phenoxy) is 1. The van der Waals surface area contributed by atoms with Crippen LogP contribution in [0.25, 0.3) is 21.5 Å². The molecule has 2 N–H and O–H groups in total. The van der Waals surface area contributed by atoms with Crippen LogP contribution in [0.5, 0.6) is 0 Å². The Kier molecular flexibility index (Phi) is 3.08. The molecule has 0 saturated heterocycles. The average Bonchev–Trinajstić information content (AvgIpc) is 2.84. The van der Waals surface area contributed by atoms with Crippen molar-refractivity contribution in [1.82, 2.24) is 9.97 Å². The van der Waals surface area contributed by atoms with Crippen molar-refractivity contribution in [3.8, 4) is 11.3 Å². The zero-order valence-corrected chi connectivity index (χ0v) is 11.5. The number of hydrogen-bond donors (Lipinski definition) is 1. The van der Waals surface area contributed by atoms with E-state index in [0.717, 1.165) is 16.0 Å². The van der Waals surface area contributed by atoms with E-state index in [4.69, 9.17) is 10.5 Å². The highest BCUT2D eigenvalue weighted by molar-refractivity contribution is 7.21. The van der Waals surface area contributed by atoms with Crippen molar-refractivity contribution in [3.05, 3.63) is 41.5 Å². The first-order valence-electron chi connectivity index (χ1n) is 5.88. The Hall–Kier alpha value is -2.47. The molecule has 100 valence electrons. The van der Waals surface area contributed by atoms with Crippen LogP contribution >= 0.6 is 11.3 Å². The maximum absolute atomic E-state index is 11.6. The molecule has 3 aromatic rings. The Bertz CT molecular complexity index is 784. The van der Waals surface area contributed by atoms with Crippen LogP contribution < -0.4 is 5.73 Å². The van der Waals surface area contributed by atoms with Crippen molar-refractivity contribution in [3.63, 3.8) is 0 Å². The van der Waals surface area contributed by atoms with Crippen LogP contribution in [-0.4, -0.2) is 23.0 Å². The number of hydrogen-bond acceptors (Lipinski definition) is 6. The summed E-state index contributed by atoms with van der Waals surface area (Å²) in [6.07, 6.45) is 3.44. The fourth-order valence-electron chi connectivity index (χ4n) is 1.91. The minimum absolute atomic E-state index is 0.364. The van der Waals surface area contributed by atoms with Gasteiger partial charge in [-0.1, -0.05) is 0 Å². The number of rotatable bonds is 2. The van der Waals surface area contributed by atoms with Crippen LogP contribution in [0.2, 0.25) is 0 Å². The minimum atomic E-state index is -0.437. The van der Waals surface area contributed by atoms with Crippen LogP contribution in [-0.2, 0) is 4.74 Å². The van der Waals surface area contributed by atoms with Crippen molar-refractivity contribution < 1.29 is 9.53 Å². The molecule has 6 heteroatoms. The van der Waals surface area contributed by atoms with Gasteiger partial charge in [-0.05, 0) is 24.3 Å². The molecule has 0 saturated carbocycles. The van der Waals surface area contributed by atoms with E-state index in [1.807, 2.05) is 24.3 Å². The molecule has 0 amide bonds. The van der Waals surface area contributed by atoms with E-state index in [2.05, 4.69) is 9.97 Å². The molecule has 0 aliphatic rings. The van der Waals surface area contributed by atoms with Gasteiger partial charge in [-0.25, -0.2) is 9.78 Å². The molecule has 3 aromatic heterocycles. The summed E-state index contributed by atoms with van der Waals surface area (Å²) in [5.41, 5.74) is 8.65. The SMILES string of the molecule is COC(=O)c1sc2ccc(-c3cccnc3)nc2c1N. The standard InChI is InChI=1S/C14H11N3O2S/c1-19-14(18)13-11(15)12-10(20-13)5-4-9(17-12)8-3-2-6-16-7-8/h2-7H,15H2,1H3. The van der Waals surface area contributed by atoms with E-state index in [1.165, 1.54) is 18.4 Å². The van der Waals surface area contributed by atoms with Crippen LogP contribution in [0, 0.1) is 0 Å². The van der Waals surface area contributed by atoms with Gasteiger partial charge in [0.25, 0.3) is 0 Å². The third-order valence-electron chi connectivity index (χ3n) is 2.90. The third kappa shape index (κ3) is 2.00. The van der Waals surface area contributed by atoms with Gasteiger partial charge in [-0.3, -0.25) is 4.98 Å². The Balaban J connectivity index is 2.17. The number of nitrogen functional groups attached to an aromatic ring is 1. The highest BCUT2D eigenvalue weighted by Crippen LogP contribution is 2.34. The van der Waals surface area contributed by atoms with E-state index in [1.54, 1.807) is 12.4 Å². The molecule has 0 fully saturated rings. The molecule has 0 spiro atoms. The highest BCUT2D eigenvalue weighted by atomic mass is 32.1. The number of esters is 1. The first-order chi connectivity index (χ1) is 9.70. The number of fused-ring (bicyclic) bond motifs is 1.